The molecule has 8 nitrogen and oxygen atoms in total. The number of anilines is 1. The van der Waals surface area contributed by atoms with Crippen molar-refractivity contribution in [2.45, 2.75) is 18.5 Å². The number of aryl methyl sites for hydroxylation is 1. The average molecular weight is 350 g/mol. The Morgan fingerprint density at radius 3 is 2.92 bits per heavy atom. The summed E-state index contributed by atoms with van der Waals surface area (Å²) in [5.41, 5.74) is 0. The molecule has 1 fully saturated rings. The molecule has 2 aromatic heterocycles. The van der Waals surface area contributed by atoms with E-state index < -0.39 is 5.97 Å². The van der Waals surface area contributed by atoms with E-state index in [1.54, 1.807) is 6.07 Å². The van der Waals surface area contributed by atoms with Gasteiger partial charge in [-0.05, 0) is 17.8 Å². The van der Waals surface area contributed by atoms with E-state index in [-0.39, 0.29) is 4.91 Å². The van der Waals surface area contributed by atoms with Gasteiger partial charge in [-0.2, -0.15) is 0 Å². The number of carbonyl (C=O) groups is 1. The third-order valence-corrected chi connectivity index (χ3v) is 4.34. The number of morpholine rings is 1. The molecule has 0 amide bonds. The number of H-pyrrole nitrogens is 1. The molecule has 0 atom stereocenters. The van der Waals surface area contributed by atoms with E-state index in [4.69, 9.17) is 9.15 Å². The van der Waals surface area contributed by atoms with Gasteiger partial charge in [0.15, 0.2) is 5.88 Å². The van der Waals surface area contributed by atoms with Crippen LogP contribution in [0.25, 0.3) is 6.08 Å². The highest BCUT2D eigenvalue weighted by molar-refractivity contribution is 8.04. The van der Waals surface area contributed by atoms with Gasteiger partial charge in [0.25, 0.3) is 0 Å². The second-order valence-corrected chi connectivity index (χ2v) is 6.12. The van der Waals surface area contributed by atoms with Crippen molar-refractivity contribution in [3.63, 3.8) is 0 Å². The van der Waals surface area contributed by atoms with Crippen LogP contribution >= 0.6 is 11.8 Å². The molecule has 0 spiro atoms. The summed E-state index contributed by atoms with van der Waals surface area (Å²) in [5.74, 6) is 0.861. The number of hydrogen-bond acceptors (Lipinski definition) is 7. The van der Waals surface area contributed by atoms with Crippen molar-refractivity contribution in [1.82, 2.24) is 15.2 Å². The molecule has 0 aromatic carbocycles. The lowest BCUT2D eigenvalue weighted by molar-refractivity contribution is -0.131. The number of carboxylic acids is 1. The van der Waals surface area contributed by atoms with E-state index >= 15 is 0 Å². The summed E-state index contributed by atoms with van der Waals surface area (Å²) in [6.07, 6.45) is 2.19. The molecule has 2 N–H and O–H groups in total. The number of carboxylic acid groups (broad SMARTS) is 1. The van der Waals surface area contributed by atoms with Gasteiger partial charge in [0.1, 0.15) is 16.5 Å². The van der Waals surface area contributed by atoms with Crippen molar-refractivity contribution in [3.05, 3.63) is 28.6 Å². The van der Waals surface area contributed by atoms with Crippen LogP contribution in [0.3, 0.4) is 0 Å². The molecule has 0 radical (unpaired) electrons. The molecule has 1 saturated heterocycles. The van der Waals surface area contributed by atoms with Gasteiger partial charge in [0.05, 0.1) is 13.2 Å². The Kier molecular flexibility index (Phi) is 5.21. The summed E-state index contributed by atoms with van der Waals surface area (Å²) in [5, 5.41) is 16.5. The minimum Gasteiger partial charge on any atom is -0.477 e. The maximum absolute atomic E-state index is 11.5. The highest BCUT2D eigenvalue weighted by Gasteiger charge is 2.17. The van der Waals surface area contributed by atoms with E-state index in [1.165, 1.54) is 6.08 Å². The Morgan fingerprint density at radius 2 is 2.25 bits per heavy atom. The topological polar surface area (TPSA) is 104 Å². The number of nitrogens with one attached hydrogen (secondary N) is 1. The zero-order chi connectivity index (χ0) is 16.9. The summed E-state index contributed by atoms with van der Waals surface area (Å²) in [6.45, 7) is 4.78. The van der Waals surface area contributed by atoms with Gasteiger partial charge >= 0.3 is 5.97 Å². The number of aromatic amines is 1. The smallest absolute Gasteiger partial charge is 0.342 e. The molecule has 3 rings (SSSR count). The third kappa shape index (κ3) is 3.98. The number of aliphatic carboxylic acids is 1. The molecule has 1 aliphatic heterocycles. The number of rotatable bonds is 6. The molecule has 9 heteroatoms. The third-order valence-electron chi connectivity index (χ3n) is 3.47. The number of hydrogen-bond donors (Lipinski definition) is 2. The van der Waals surface area contributed by atoms with Crippen LogP contribution in [-0.4, -0.2) is 52.6 Å². The molecular formula is C15H18N4O4S. The van der Waals surface area contributed by atoms with E-state index in [0.29, 0.717) is 36.4 Å². The zero-order valence-electron chi connectivity index (χ0n) is 13.2. The summed E-state index contributed by atoms with van der Waals surface area (Å²) in [4.78, 5) is 17.8. The normalized spacial score (nSPS) is 15.7. The second-order valence-electron chi connectivity index (χ2n) is 5.11. The van der Waals surface area contributed by atoms with Crippen LogP contribution in [0, 0.1) is 0 Å². The van der Waals surface area contributed by atoms with Crippen molar-refractivity contribution < 1.29 is 19.1 Å². The van der Waals surface area contributed by atoms with Crippen molar-refractivity contribution in [2.75, 3.05) is 31.2 Å². The predicted molar refractivity (Wildman–Crippen MR) is 89.0 cm³/mol. The fourth-order valence-corrected chi connectivity index (χ4v) is 2.92. The quantitative estimate of drug-likeness (QED) is 0.602. The van der Waals surface area contributed by atoms with E-state index in [2.05, 4.69) is 20.1 Å². The van der Waals surface area contributed by atoms with Crippen molar-refractivity contribution in [3.8, 4) is 0 Å². The van der Waals surface area contributed by atoms with E-state index in [0.717, 1.165) is 30.7 Å². The SMILES string of the molecule is CCc1nc(S/C(=C\c2ccc(N3CCOCC3)o2)C(=O)O)n[nH]1. The van der Waals surface area contributed by atoms with Crippen LogP contribution in [0.5, 0.6) is 0 Å². The van der Waals surface area contributed by atoms with Crippen LogP contribution in [-0.2, 0) is 16.0 Å². The molecular weight excluding hydrogens is 332 g/mol. The van der Waals surface area contributed by atoms with Crippen LogP contribution in [0.1, 0.15) is 18.5 Å². The van der Waals surface area contributed by atoms with Crippen molar-refractivity contribution in [2.24, 2.45) is 0 Å². The lowest BCUT2D eigenvalue weighted by Crippen LogP contribution is -2.35. The number of aromatic nitrogens is 3. The maximum Gasteiger partial charge on any atom is 0.342 e. The van der Waals surface area contributed by atoms with Gasteiger partial charge in [-0.1, -0.05) is 6.92 Å². The first-order valence-electron chi connectivity index (χ1n) is 7.62. The minimum absolute atomic E-state index is 0.0968. The number of furan rings is 1. The van der Waals surface area contributed by atoms with Gasteiger partial charge in [0, 0.05) is 31.7 Å². The molecule has 128 valence electrons. The molecule has 0 aliphatic carbocycles. The Balaban J connectivity index is 1.75. The Hall–Kier alpha value is -2.26. The van der Waals surface area contributed by atoms with Crippen molar-refractivity contribution >= 4 is 29.7 Å². The van der Waals surface area contributed by atoms with Crippen molar-refractivity contribution in [1.29, 1.82) is 0 Å². The lowest BCUT2D eigenvalue weighted by atomic mass is 10.4. The minimum atomic E-state index is -1.05. The van der Waals surface area contributed by atoms with Crippen LogP contribution in [0.4, 0.5) is 5.88 Å². The number of ether oxygens (including phenoxy) is 1. The highest BCUT2D eigenvalue weighted by Crippen LogP contribution is 2.28. The summed E-state index contributed by atoms with van der Waals surface area (Å²) < 4.78 is 11.0. The standard InChI is InChI=1S/C15H18N4O4S/c1-2-12-16-15(18-17-12)24-11(14(20)21)9-10-3-4-13(23-10)19-5-7-22-8-6-19/h3-4,9H,2,5-8H2,1H3,(H,20,21)(H,16,17,18)/b11-9-. The van der Waals surface area contributed by atoms with Crippen LogP contribution in [0.2, 0.25) is 0 Å². The largest absolute Gasteiger partial charge is 0.477 e. The van der Waals surface area contributed by atoms with Crippen LogP contribution in [0.15, 0.2) is 26.6 Å². The van der Waals surface area contributed by atoms with Gasteiger partial charge in [0.2, 0.25) is 5.16 Å². The predicted octanol–water partition coefficient (Wildman–Crippen LogP) is 2.01. The molecule has 0 unspecified atom stereocenters. The Labute approximate surface area is 142 Å². The van der Waals surface area contributed by atoms with Gasteiger partial charge in [-0.25, -0.2) is 9.78 Å². The fraction of sp³-hybridized carbons (Fsp3) is 0.400. The molecule has 1 aliphatic rings. The first-order chi connectivity index (χ1) is 11.7. The van der Waals surface area contributed by atoms with Crippen LogP contribution < -0.4 is 4.90 Å². The second kappa shape index (κ2) is 7.54. The molecule has 24 heavy (non-hydrogen) atoms. The molecule has 3 heterocycles. The summed E-state index contributed by atoms with van der Waals surface area (Å²) in [7, 11) is 0. The average Bonchev–Trinajstić information content (AvgIpc) is 3.24. The molecule has 0 bridgehead atoms. The fourth-order valence-electron chi connectivity index (χ4n) is 2.22. The number of nitrogens with zero attached hydrogens (tertiary/aromatic N) is 3. The summed E-state index contributed by atoms with van der Waals surface area (Å²) >= 11 is 0.987. The first kappa shape index (κ1) is 16.6. The Bertz CT molecular complexity index is 733. The van der Waals surface area contributed by atoms with Gasteiger partial charge in [-0.15, -0.1) is 5.10 Å². The first-order valence-corrected chi connectivity index (χ1v) is 8.44. The Morgan fingerprint density at radius 1 is 1.46 bits per heavy atom. The maximum atomic E-state index is 11.5. The van der Waals surface area contributed by atoms with E-state index in [9.17, 15) is 9.90 Å². The summed E-state index contributed by atoms with van der Waals surface area (Å²) in [6, 6.07) is 3.59. The van der Waals surface area contributed by atoms with Gasteiger partial charge in [-0.3, -0.25) is 5.10 Å². The highest BCUT2D eigenvalue weighted by atomic mass is 32.2. The van der Waals surface area contributed by atoms with E-state index in [1.807, 2.05) is 13.0 Å². The zero-order valence-corrected chi connectivity index (χ0v) is 14.0. The monoisotopic (exact) mass is 350 g/mol. The molecule has 2 aromatic rings. The number of thioether (sulfide) groups is 1. The van der Waals surface area contributed by atoms with Gasteiger partial charge < -0.3 is 19.2 Å². The molecule has 0 saturated carbocycles. The lowest BCUT2D eigenvalue weighted by Gasteiger charge is -2.26.